The minimum Gasteiger partial charge on any atom is -0.488 e. The van der Waals surface area contributed by atoms with Gasteiger partial charge >= 0.3 is 11.6 Å². The van der Waals surface area contributed by atoms with Crippen molar-refractivity contribution in [3.8, 4) is 5.75 Å². The third-order valence-electron chi connectivity index (χ3n) is 3.40. The first-order valence-electron chi connectivity index (χ1n) is 7.03. The van der Waals surface area contributed by atoms with E-state index < -0.39 is 11.6 Å². The van der Waals surface area contributed by atoms with Gasteiger partial charge in [-0.15, -0.1) is 0 Å². The maximum absolute atomic E-state index is 12.0. The number of rotatable bonds is 5. The Bertz CT molecular complexity index is 844. The minimum atomic E-state index is -1.09. The summed E-state index contributed by atoms with van der Waals surface area (Å²) in [7, 11) is 0. The van der Waals surface area contributed by atoms with Crippen LogP contribution in [0.4, 0.5) is 0 Å². The molecule has 1 aromatic heterocycles. The van der Waals surface area contributed by atoms with Gasteiger partial charge < -0.3 is 14.3 Å². The van der Waals surface area contributed by atoms with Crippen LogP contribution in [-0.2, 0) is 11.2 Å². The third-order valence-corrected chi connectivity index (χ3v) is 3.69. The van der Waals surface area contributed by atoms with Crippen molar-refractivity contribution in [2.75, 3.05) is 6.61 Å². The summed E-state index contributed by atoms with van der Waals surface area (Å²) in [6, 6.07) is 3.17. The highest BCUT2D eigenvalue weighted by molar-refractivity contribution is 6.32. The number of aliphatic carboxylic acids is 1. The molecular formula is C17H17ClO5. The first-order valence-corrected chi connectivity index (χ1v) is 7.41. The van der Waals surface area contributed by atoms with Crippen LogP contribution in [-0.4, -0.2) is 17.7 Å². The van der Waals surface area contributed by atoms with Crippen molar-refractivity contribution in [1.82, 2.24) is 0 Å². The van der Waals surface area contributed by atoms with Gasteiger partial charge in [0.2, 0.25) is 0 Å². The highest BCUT2D eigenvalue weighted by Crippen LogP contribution is 2.32. The highest BCUT2D eigenvalue weighted by atomic mass is 35.5. The first kappa shape index (κ1) is 17.1. The summed E-state index contributed by atoms with van der Waals surface area (Å²) in [4.78, 5) is 22.8. The number of hydrogen-bond donors (Lipinski definition) is 1. The number of halogens is 1. The second-order valence-electron chi connectivity index (χ2n) is 5.43. The van der Waals surface area contributed by atoms with Gasteiger partial charge in [0.25, 0.3) is 0 Å². The zero-order valence-corrected chi connectivity index (χ0v) is 13.9. The number of benzene rings is 1. The van der Waals surface area contributed by atoms with Crippen molar-refractivity contribution in [3.05, 3.63) is 50.4 Å². The molecule has 122 valence electrons. The fourth-order valence-electron chi connectivity index (χ4n) is 2.15. The number of allylic oxidation sites excluding steroid dienone is 1. The number of carboxylic acids is 1. The van der Waals surface area contributed by atoms with Crippen LogP contribution < -0.4 is 10.4 Å². The maximum Gasteiger partial charge on any atom is 0.340 e. The fraction of sp³-hybridized carbons (Fsp3) is 0.294. The summed E-state index contributed by atoms with van der Waals surface area (Å²) in [5, 5.41) is 9.87. The summed E-state index contributed by atoms with van der Waals surface area (Å²) >= 11 is 6.21. The molecule has 0 aliphatic carbocycles. The van der Waals surface area contributed by atoms with Gasteiger partial charge in [-0.1, -0.05) is 17.2 Å². The Morgan fingerprint density at radius 2 is 2.09 bits per heavy atom. The normalized spacial score (nSPS) is 10.6. The molecule has 0 saturated carbocycles. The van der Waals surface area contributed by atoms with Crippen molar-refractivity contribution in [2.45, 2.75) is 27.2 Å². The zero-order valence-electron chi connectivity index (χ0n) is 13.1. The van der Waals surface area contributed by atoms with Crippen LogP contribution in [0.1, 0.15) is 25.0 Å². The number of ether oxygens (including phenoxy) is 1. The molecule has 0 aliphatic heterocycles. The van der Waals surface area contributed by atoms with Gasteiger partial charge in [0.05, 0.1) is 17.0 Å². The van der Waals surface area contributed by atoms with E-state index in [0.717, 1.165) is 5.57 Å². The molecule has 0 saturated heterocycles. The fourth-order valence-corrected chi connectivity index (χ4v) is 2.37. The van der Waals surface area contributed by atoms with Gasteiger partial charge in [-0.2, -0.15) is 0 Å². The van der Waals surface area contributed by atoms with Crippen LogP contribution in [0, 0.1) is 6.92 Å². The van der Waals surface area contributed by atoms with E-state index in [-0.39, 0.29) is 12.0 Å². The molecule has 0 bridgehead atoms. The van der Waals surface area contributed by atoms with Crippen LogP contribution in [0.15, 0.2) is 33.0 Å². The Kier molecular flexibility index (Phi) is 5.11. The smallest absolute Gasteiger partial charge is 0.340 e. The van der Waals surface area contributed by atoms with E-state index in [1.807, 2.05) is 19.9 Å². The SMILES string of the molecule is CC(C)=CCOc1cc2oc(=O)c(CC(=O)O)c(C)c2cc1Cl. The van der Waals surface area contributed by atoms with Gasteiger partial charge in [0.15, 0.2) is 0 Å². The molecule has 2 aromatic rings. The quantitative estimate of drug-likeness (QED) is 0.665. The van der Waals surface area contributed by atoms with Crippen molar-refractivity contribution in [2.24, 2.45) is 0 Å². The molecule has 0 spiro atoms. The lowest BCUT2D eigenvalue weighted by molar-refractivity contribution is -0.136. The van der Waals surface area contributed by atoms with Gasteiger partial charge in [0.1, 0.15) is 17.9 Å². The number of fused-ring (bicyclic) bond motifs is 1. The lowest BCUT2D eigenvalue weighted by atomic mass is 10.0. The Morgan fingerprint density at radius 1 is 1.39 bits per heavy atom. The molecule has 0 atom stereocenters. The van der Waals surface area contributed by atoms with E-state index in [2.05, 4.69) is 0 Å². The molecule has 0 aliphatic rings. The summed E-state index contributed by atoms with van der Waals surface area (Å²) in [6.07, 6.45) is 1.51. The lowest BCUT2D eigenvalue weighted by Gasteiger charge is -2.10. The molecule has 1 heterocycles. The van der Waals surface area contributed by atoms with E-state index in [4.69, 9.17) is 25.9 Å². The Labute approximate surface area is 138 Å². The van der Waals surface area contributed by atoms with Crippen molar-refractivity contribution in [3.63, 3.8) is 0 Å². The molecule has 23 heavy (non-hydrogen) atoms. The van der Waals surface area contributed by atoms with Crippen LogP contribution in [0.2, 0.25) is 5.02 Å². The largest absolute Gasteiger partial charge is 0.488 e. The zero-order chi connectivity index (χ0) is 17.1. The minimum absolute atomic E-state index is 0.124. The van der Waals surface area contributed by atoms with Gasteiger partial charge in [-0.25, -0.2) is 4.79 Å². The predicted octanol–water partition coefficient (Wildman–Crippen LogP) is 3.73. The molecule has 0 amide bonds. The van der Waals surface area contributed by atoms with E-state index in [1.54, 1.807) is 19.1 Å². The molecule has 0 fully saturated rings. The Morgan fingerprint density at radius 3 is 2.70 bits per heavy atom. The van der Waals surface area contributed by atoms with Gasteiger partial charge in [0, 0.05) is 11.5 Å². The average Bonchev–Trinajstić information content (AvgIpc) is 2.45. The van der Waals surface area contributed by atoms with Crippen molar-refractivity contribution >= 4 is 28.5 Å². The van der Waals surface area contributed by atoms with E-state index in [0.29, 0.717) is 33.9 Å². The third kappa shape index (κ3) is 3.93. The van der Waals surface area contributed by atoms with E-state index in [1.165, 1.54) is 0 Å². The molecular weight excluding hydrogens is 320 g/mol. The molecule has 0 radical (unpaired) electrons. The second-order valence-corrected chi connectivity index (χ2v) is 5.84. The first-order chi connectivity index (χ1) is 10.8. The highest BCUT2D eigenvalue weighted by Gasteiger charge is 2.16. The van der Waals surface area contributed by atoms with Crippen molar-refractivity contribution in [1.29, 1.82) is 0 Å². The summed E-state index contributed by atoms with van der Waals surface area (Å²) in [5.41, 5.74) is 1.45. The number of carboxylic acid groups (broad SMARTS) is 1. The maximum atomic E-state index is 12.0. The number of aryl methyl sites for hydroxylation is 1. The van der Waals surface area contributed by atoms with Crippen LogP contribution in [0.3, 0.4) is 0 Å². The molecule has 5 nitrogen and oxygen atoms in total. The van der Waals surface area contributed by atoms with Gasteiger partial charge in [-0.05, 0) is 38.5 Å². The van der Waals surface area contributed by atoms with Crippen LogP contribution in [0.5, 0.6) is 5.75 Å². The topological polar surface area (TPSA) is 76.7 Å². The molecule has 1 aromatic carbocycles. The molecule has 0 unspecified atom stereocenters. The van der Waals surface area contributed by atoms with Crippen LogP contribution >= 0.6 is 11.6 Å². The second kappa shape index (κ2) is 6.87. The molecule has 6 heteroatoms. The summed E-state index contributed by atoms with van der Waals surface area (Å²) in [6.45, 7) is 5.95. The van der Waals surface area contributed by atoms with Crippen molar-refractivity contribution < 1.29 is 19.1 Å². The average molecular weight is 337 g/mol. The molecule has 2 rings (SSSR count). The van der Waals surface area contributed by atoms with Gasteiger partial charge in [-0.3, -0.25) is 4.79 Å². The van der Waals surface area contributed by atoms with Crippen LogP contribution in [0.25, 0.3) is 11.0 Å². The molecule has 1 N–H and O–H groups in total. The monoisotopic (exact) mass is 336 g/mol. The predicted molar refractivity (Wildman–Crippen MR) is 88.5 cm³/mol. The van der Waals surface area contributed by atoms with E-state index in [9.17, 15) is 9.59 Å². The number of carbonyl (C=O) groups is 1. The standard InChI is InChI=1S/C17H17ClO5/c1-9(2)4-5-22-15-8-14-11(6-13(15)18)10(3)12(7-16(19)20)17(21)23-14/h4,6,8H,5,7H2,1-3H3,(H,19,20). The Hall–Kier alpha value is -2.27. The lowest BCUT2D eigenvalue weighted by Crippen LogP contribution is -2.14. The summed E-state index contributed by atoms with van der Waals surface area (Å²) in [5.74, 6) is -0.683. The van der Waals surface area contributed by atoms with E-state index >= 15 is 0 Å². The Balaban J connectivity index is 2.50. The number of hydrogen-bond acceptors (Lipinski definition) is 4. The summed E-state index contributed by atoms with van der Waals surface area (Å²) < 4.78 is 10.8.